The Hall–Kier alpha value is -0.790. The van der Waals surface area contributed by atoms with Gasteiger partial charge in [-0.15, -0.1) is 0 Å². The van der Waals surface area contributed by atoms with Gasteiger partial charge in [-0.05, 0) is 30.1 Å². The highest BCUT2D eigenvalue weighted by Gasteiger charge is 2.68. The number of piperidine rings is 1. The minimum Gasteiger partial charge on any atom is -0.352 e. The van der Waals surface area contributed by atoms with Crippen molar-refractivity contribution < 1.29 is 4.79 Å². The third-order valence-corrected chi connectivity index (χ3v) is 4.41. The van der Waals surface area contributed by atoms with Crippen molar-refractivity contribution in [2.75, 3.05) is 0 Å². The first kappa shape index (κ1) is 5.79. The second-order valence-electron chi connectivity index (χ2n) is 4.66. The van der Waals surface area contributed by atoms with Gasteiger partial charge < -0.3 is 5.32 Å². The standard InChI is InChI=1S/C10H11NO/c12-10-8-6-4-1-2-5(3-4)7(6)9(8)11-10/h1-2,4-9H,3H2,(H,11,12)/t4-,5+,6-,7+,8+,9-/m0/s1. The molecular formula is C10H11NO. The molecule has 4 rings (SSSR count). The Bertz CT molecular complexity index is 309. The van der Waals surface area contributed by atoms with Gasteiger partial charge in [0, 0.05) is 6.04 Å². The lowest BCUT2D eigenvalue weighted by atomic mass is 9.52. The molecule has 0 radical (unpaired) electrons. The molecule has 62 valence electrons. The van der Waals surface area contributed by atoms with E-state index in [1.807, 2.05) is 0 Å². The second-order valence-corrected chi connectivity index (χ2v) is 4.66. The number of nitrogens with one attached hydrogen (secondary N) is 1. The first-order chi connectivity index (χ1) is 5.86. The van der Waals surface area contributed by atoms with Crippen LogP contribution in [-0.4, -0.2) is 11.9 Å². The quantitative estimate of drug-likeness (QED) is 0.408. The van der Waals surface area contributed by atoms with Crippen molar-refractivity contribution in [1.82, 2.24) is 5.32 Å². The molecule has 6 atom stereocenters. The SMILES string of the molecule is O=C1N[C@@H]2[C@H]1[C@@H]1[C@H]2[C@@H]2C=C[C@H]1C2. The van der Waals surface area contributed by atoms with Crippen LogP contribution in [0.4, 0.5) is 0 Å². The van der Waals surface area contributed by atoms with Gasteiger partial charge in [0.05, 0.1) is 5.92 Å². The van der Waals surface area contributed by atoms with Crippen molar-refractivity contribution in [3.05, 3.63) is 12.2 Å². The van der Waals surface area contributed by atoms with Crippen molar-refractivity contribution in [1.29, 1.82) is 0 Å². The summed E-state index contributed by atoms with van der Waals surface area (Å²) in [4.78, 5) is 11.2. The fourth-order valence-electron chi connectivity index (χ4n) is 3.93. The molecule has 2 saturated carbocycles. The maximum absolute atomic E-state index is 11.2. The molecule has 2 bridgehead atoms. The number of β-lactam (4-membered cyclic amide) rings is 1. The Kier molecular flexibility index (Phi) is 0.713. The number of allylic oxidation sites excluding steroid dienone is 2. The third kappa shape index (κ3) is 0.384. The number of carbonyl (C=O) groups is 1. The maximum atomic E-state index is 11.2. The average Bonchev–Trinajstić information content (AvgIpc) is 2.55. The predicted octanol–water partition coefficient (Wildman–Crippen LogP) is 0.553. The topological polar surface area (TPSA) is 29.1 Å². The van der Waals surface area contributed by atoms with Crippen LogP contribution in [0.1, 0.15) is 6.42 Å². The minimum absolute atomic E-state index is 0.321. The average molecular weight is 161 g/mol. The molecule has 1 amide bonds. The van der Waals surface area contributed by atoms with E-state index in [2.05, 4.69) is 17.5 Å². The summed E-state index contributed by atoms with van der Waals surface area (Å²) < 4.78 is 0. The van der Waals surface area contributed by atoms with Crippen LogP contribution < -0.4 is 5.32 Å². The summed E-state index contributed by atoms with van der Waals surface area (Å²) in [7, 11) is 0. The summed E-state index contributed by atoms with van der Waals surface area (Å²) in [6.07, 6.45) is 6.04. The number of rotatable bonds is 0. The van der Waals surface area contributed by atoms with Crippen molar-refractivity contribution >= 4 is 5.91 Å². The van der Waals surface area contributed by atoms with Crippen LogP contribution in [0.15, 0.2) is 12.2 Å². The number of hydrogen-bond donors (Lipinski definition) is 1. The fraction of sp³-hybridized carbons (Fsp3) is 0.700. The molecule has 3 aliphatic carbocycles. The lowest BCUT2D eigenvalue weighted by molar-refractivity contribution is -0.158. The highest BCUT2D eigenvalue weighted by Crippen LogP contribution is 2.63. The first-order valence-electron chi connectivity index (χ1n) is 4.85. The van der Waals surface area contributed by atoms with Crippen LogP contribution in [-0.2, 0) is 4.79 Å². The summed E-state index contributed by atoms with van der Waals surface area (Å²) in [5.74, 6) is 3.85. The van der Waals surface area contributed by atoms with E-state index < -0.39 is 0 Å². The van der Waals surface area contributed by atoms with Gasteiger partial charge in [0.2, 0.25) is 5.91 Å². The lowest BCUT2D eigenvalue weighted by Gasteiger charge is -2.59. The fourth-order valence-corrected chi connectivity index (χ4v) is 3.93. The smallest absolute Gasteiger partial charge is 0.225 e. The molecule has 12 heavy (non-hydrogen) atoms. The molecule has 0 aromatic heterocycles. The van der Waals surface area contributed by atoms with Crippen LogP contribution >= 0.6 is 0 Å². The summed E-state index contributed by atoms with van der Waals surface area (Å²) in [5.41, 5.74) is 0. The van der Waals surface area contributed by atoms with Gasteiger partial charge in [-0.1, -0.05) is 12.2 Å². The Morgan fingerprint density at radius 3 is 2.75 bits per heavy atom. The number of hydrogen-bond acceptors (Lipinski definition) is 1. The van der Waals surface area contributed by atoms with E-state index in [1.165, 1.54) is 6.42 Å². The van der Waals surface area contributed by atoms with Crippen molar-refractivity contribution in [3.8, 4) is 0 Å². The van der Waals surface area contributed by atoms with E-state index in [9.17, 15) is 4.79 Å². The largest absolute Gasteiger partial charge is 0.352 e. The van der Waals surface area contributed by atoms with Crippen LogP contribution in [0.25, 0.3) is 0 Å². The van der Waals surface area contributed by atoms with Gasteiger partial charge in [0.1, 0.15) is 0 Å². The molecule has 1 heterocycles. The number of fused-ring (bicyclic) bond motifs is 8. The van der Waals surface area contributed by atoms with Crippen LogP contribution in [0.2, 0.25) is 0 Å². The molecule has 2 nitrogen and oxygen atoms in total. The molecule has 0 unspecified atom stereocenters. The molecule has 3 fully saturated rings. The van der Waals surface area contributed by atoms with E-state index in [-0.39, 0.29) is 0 Å². The molecule has 4 aliphatic rings. The Morgan fingerprint density at radius 2 is 2.00 bits per heavy atom. The van der Waals surface area contributed by atoms with Crippen molar-refractivity contribution in [2.45, 2.75) is 12.5 Å². The van der Waals surface area contributed by atoms with Gasteiger partial charge in [-0.25, -0.2) is 0 Å². The normalized spacial score (nSPS) is 63.2. The van der Waals surface area contributed by atoms with Crippen LogP contribution in [0.3, 0.4) is 0 Å². The van der Waals surface area contributed by atoms with E-state index in [0.717, 1.165) is 23.7 Å². The monoisotopic (exact) mass is 161 g/mol. The molecule has 1 aliphatic heterocycles. The molecule has 1 saturated heterocycles. The molecule has 1 N–H and O–H groups in total. The molecule has 0 aromatic carbocycles. The summed E-state index contributed by atoms with van der Waals surface area (Å²) in [5, 5.41) is 3.03. The Balaban J connectivity index is 1.77. The minimum atomic E-state index is 0.321. The zero-order valence-corrected chi connectivity index (χ0v) is 6.73. The van der Waals surface area contributed by atoms with Crippen molar-refractivity contribution in [2.24, 2.45) is 29.6 Å². The number of amides is 1. The highest BCUT2D eigenvalue weighted by atomic mass is 16.2. The Labute approximate surface area is 71.0 Å². The van der Waals surface area contributed by atoms with E-state index in [4.69, 9.17) is 0 Å². The van der Waals surface area contributed by atoms with E-state index in [1.54, 1.807) is 0 Å². The summed E-state index contributed by atoms with van der Waals surface area (Å²) >= 11 is 0. The predicted molar refractivity (Wildman–Crippen MR) is 43.1 cm³/mol. The zero-order valence-electron chi connectivity index (χ0n) is 6.73. The lowest BCUT2D eigenvalue weighted by Crippen LogP contribution is -2.74. The first-order valence-corrected chi connectivity index (χ1v) is 4.85. The zero-order chi connectivity index (χ0) is 7.87. The van der Waals surface area contributed by atoms with Gasteiger partial charge >= 0.3 is 0 Å². The Morgan fingerprint density at radius 1 is 1.25 bits per heavy atom. The molecular weight excluding hydrogens is 150 g/mol. The van der Waals surface area contributed by atoms with Crippen molar-refractivity contribution in [3.63, 3.8) is 0 Å². The maximum Gasteiger partial charge on any atom is 0.225 e. The molecule has 2 heteroatoms. The van der Waals surface area contributed by atoms with Gasteiger partial charge in [-0.2, -0.15) is 0 Å². The van der Waals surface area contributed by atoms with Crippen LogP contribution in [0, 0.1) is 29.6 Å². The van der Waals surface area contributed by atoms with E-state index >= 15 is 0 Å². The highest BCUT2D eigenvalue weighted by molar-refractivity contribution is 5.88. The third-order valence-electron chi connectivity index (χ3n) is 4.41. The second kappa shape index (κ2) is 1.48. The van der Waals surface area contributed by atoms with Gasteiger partial charge in [-0.3, -0.25) is 4.79 Å². The van der Waals surface area contributed by atoms with Gasteiger partial charge in [0.15, 0.2) is 0 Å². The summed E-state index contributed by atoms with van der Waals surface area (Å²) in [6.45, 7) is 0. The van der Waals surface area contributed by atoms with E-state index in [0.29, 0.717) is 17.9 Å². The number of carbonyl (C=O) groups excluding carboxylic acids is 1. The van der Waals surface area contributed by atoms with Crippen LogP contribution in [0.5, 0.6) is 0 Å². The molecule has 0 aromatic rings. The van der Waals surface area contributed by atoms with Gasteiger partial charge in [0.25, 0.3) is 0 Å². The molecule has 0 spiro atoms. The summed E-state index contributed by atoms with van der Waals surface area (Å²) in [6, 6.07) is 0.572.